The van der Waals surface area contributed by atoms with Gasteiger partial charge in [-0.25, -0.2) is 4.98 Å². The first-order valence-corrected chi connectivity index (χ1v) is 23.7. The Balaban J connectivity index is 1.15. The van der Waals surface area contributed by atoms with E-state index >= 15 is 0 Å². The second kappa shape index (κ2) is 12.5. The van der Waals surface area contributed by atoms with E-state index in [0.717, 1.165) is 16.9 Å². The van der Waals surface area contributed by atoms with Crippen LogP contribution in [0.2, 0.25) is 0 Å². The van der Waals surface area contributed by atoms with E-state index in [4.69, 9.17) is 4.98 Å². The van der Waals surface area contributed by atoms with Crippen LogP contribution in [0.4, 0.5) is 0 Å². The number of rotatable bonds is 2. The number of para-hydroxylation sites is 2. The van der Waals surface area contributed by atoms with Gasteiger partial charge in [-0.1, -0.05) is 139 Å². The fourth-order valence-corrected chi connectivity index (χ4v) is 12.2. The van der Waals surface area contributed by atoms with Gasteiger partial charge in [-0.05, 0) is 116 Å². The molecule has 0 aliphatic heterocycles. The lowest BCUT2D eigenvalue weighted by atomic mass is 9.84. The third-order valence-electron chi connectivity index (χ3n) is 15.4. The second-order valence-corrected chi connectivity index (χ2v) is 21.2. The van der Waals surface area contributed by atoms with Crippen LogP contribution in [0.3, 0.4) is 0 Å². The first-order chi connectivity index (χ1) is 32.5. The van der Waals surface area contributed by atoms with E-state index < -0.39 is 0 Å². The predicted molar refractivity (Wildman–Crippen MR) is 286 cm³/mol. The van der Waals surface area contributed by atoms with E-state index in [0.29, 0.717) is 0 Å². The summed E-state index contributed by atoms with van der Waals surface area (Å²) in [5.41, 5.74) is 15.8. The molecule has 9 aromatic carbocycles. The molecule has 4 heteroatoms. The van der Waals surface area contributed by atoms with Gasteiger partial charge in [0.25, 0.3) is 0 Å². The average Bonchev–Trinajstić information content (AvgIpc) is 4.12. The third-order valence-corrected chi connectivity index (χ3v) is 15.4. The minimum absolute atomic E-state index is 0.0322. The number of hydrogen-bond donors (Lipinski definition) is 0. The molecule has 67 heavy (non-hydrogen) atoms. The van der Waals surface area contributed by atoms with E-state index in [9.17, 15) is 0 Å². The molecular weight excluding hydrogens is 813 g/mol. The molecule has 0 radical (unpaired) electrons. The van der Waals surface area contributed by atoms with Crippen molar-refractivity contribution in [2.75, 3.05) is 0 Å². The molecule has 15 aromatic rings. The summed E-state index contributed by atoms with van der Waals surface area (Å²) < 4.78 is 7.48. The van der Waals surface area contributed by atoms with Crippen molar-refractivity contribution in [2.45, 2.75) is 52.4 Å². The van der Waals surface area contributed by atoms with Crippen LogP contribution in [0.1, 0.15) is 52.7 Å². The van der Waals surface area contributed by atoms with Gasteiger partial charge in [-0.2, -0.15) is 0 Å². The molecule has 15 rings (SSSR count). The molecule has 4 nitrogen and oxygen atoms in total. The maximum atomic E-state index is 5.67. The lowest BCUT2D eigenvalue weighted by Crippen LogP contribution is -2.11. The molecule has 0 aliphatic carbocycles. The highest BCUT2D eigenvalue weighted by Crippen LogP contribution is 2.52. The van der Waals surface area contributed by atoms with E-state index in [1.165, 1.54) is 131 Å². The van der Waals surface area contributed by atoms with Crippen molar-refractivity contribution in [3.05, 3.63) is 181 Å². The van der Waals surface area contributed by atoms with Crippen molar-refractivity contribution < 1.29 is 0 Å². The van der Waals surface area contributed by atoms with Gasteiger partial charge in [-0.15, -0.1) is 0 Å². The zero-order valence-electron chi connectivity index (χ0n) is 38.5. The van der Waals surface area contributed by atoms with Gasteiger partial charge in [-0.3, -0.25) is 4.40 Å². The summed E-state index contributed by atoms with van der Waals surface area (Å²) >= 11 is 0. The summed E-state index contributed by atoms with van der Waals surface area (Å²) in [5.74, 6) is 0. The summed E-state index contributed by atoms with van der Waals surface area (Å²) in [4.78, 5) is 5.67. The number of fused-ring (bicyclic) bond motifs is 19. The van der Waals surface area contributed by atoms with Gasteiger partial charge in [0.15, 0.2) is 0 Å². The Morgan fingerprint density at radius 2 is 0.970 bits per heavy atom. The zero-order chi connectivity index (χ0) is 44.8. The summed E-state index contributed by atoms with van der Waals surface area (Å²) in [6.45, 7) is 14.0. The monoisotopic (exact) mass is 858 g/mol. The lowest BCUT2D eigenvalue weighted by molar-refractivity contribution is 0.590. The Labute approximate surface area is 386 Å². The number of pyridine rings is 1. The molecule has 0 fully saturated rings. The van der Waals surface area contributed by atoms with E-state index in [-0.39, 0.29) is 10.8 Å². The van der Waals surface area contributed by atoms with Gasteiger partial charge in [0.1, 0.15) is 5.65 Å². The zero-order valence-corrected chi connectivity index (χ0v) is 38.5. The van der Waals surface area contributed by atoms with Crippen LogP contribution in [-0.2, 0) is 10.8 Å². The van der Waals surface area contributed by atoms with E-state index in [1.807, 2.05) is 0 Å². The van der Waals surface area contributed by atoms with Gasteiger partial charge in [0.2, 0.25) is 0 Å². The molecule has 0 spiro atoms. The molecule has 0 aliphatic rings. The van der Waals surface area contributed by atoms with Crippen LogP contribution in [0.15, 0.2) is 170 Å². The smallest absolute Gasteiger partial charge is 0.146 e. The highest BCUT2D eigenvalue weighted by Gasteiger charge is 2.30. The van der Waals surface area contributed by atoms with Crippen LogP contribution in [0.25, 0.3) is 136 Å². The summed E-state index contributed by atoms with van der Waals surface area (Å²) in [6, 6.07) is 61.7. The van der Waals surface area contributed by atoms with Crippen molar-refractivity contribution in [1.82, 2.24) is 18.4 Å². The summed E-state index contributed by atoms with van der Waals surface area (Å²) in [5, 5.41) is 17.7. The Morgan fingerprint density at radius 3 is 1.75 bits per heavy atom. The number of aromatic nitrogens is 4. The van der Waals surface area contributed by atoms with Crippen LogP contribution in [0.5, 0.6) is 0 Å². The Morgan fingerprint density at radius 1 is 0.373 bits per heavy atom. The second-order valence-electron chi connectivity index (χ2n) is 21.2. The SMILES string of the molecule is CC(C)(C)c1ccc2c(c1)c1cc(C(C)(C)C)cc3c4c5c6c7ccccc7cc7c8cc9ccccc9c(-c9ccc%10c(c9)c9ccccc9n%10-c9ccccc9)c8n(c5ncc4n2c13)c76. The van der Waals surface area contributed by atoms with E-state index in [2.05, 4.69) is 225 Å². The average molecular weight is 859 g/mol. The number of hydrogen-bond acceptors (Lipinski definition) is 1. The van der Waals surface area contributed by atoms with Crippen LogP contribution < -0.4 is 0 Å². The fraction of sp³-hybridized carbons (Fsp3) is 0.127. The molecule has 318 valence electrons. The Bertz CT molecular complexity index is 4620. The minimum atomic E-state index is -0.0572. The van der Waals surface area contributed by atoms with Gasteiger partial charge in [0, 0.05) is 65.1 Å². The normalized spacial score (nSPS) is 13.2. The Kier molecular flexibility index (Phi) is 6.94. The molecule has 0 amide bonds. The van der Waals surface area contributed by atoms with Crippen molar-refractivity contribution >= 4 is 120 Å². The molecule has 0 saturated carbocycles. The molecular formula is C63H46N4. The maximum Gasteiger partial charge on any atom is 0.146 e. The first-order valence-electron chi connectivity index (χ1n) is 23.7. The van der Waals surface area contributed by atoms with Gasteiger partial charge in [0.05, 0.1) is 44.8 Å². The van der Waals surface area contributed by atoms with Crippen LogP contribution in [-0.4, -0.2) is 18.4 Å². The van der Waals surface area contributed by atoms with Crippen molar-refractivity contribution in [2.24, 2.45) is 0 Å². The first kappa shape index (κ1) is 37.3. The largest absolute Gasteiger partial charge is 0.309 e. The van der Waals surface area contributed by atoms with Crippen molar-refractivity contribution in [3.63, 3.8) is 0 Å². The van der Waals surface area contributed by atoms with Gasteiger partial charge >= 0.3 is 0 Å². The third kappa shape index (κ3) is 4.74. The predicted octanol–water partition coefficient (Wildman–Crippen LogP) is 17.0. The summed E-state index contributed by atoms with van der Waals surface area (Å²) in [7, 11) is 0. The highest BCUT2D eigenvalue weighted by atomic mass is 15.0. The molecule has 0 unspecified atom stereocenters. The fourth-order valence-electron chi connectivity index (χ4n) is 12.2. The lowest BCUT2D eigenvalue weighted by Gasteiger charge is -2.20. The van der Waals surface area contributed by atoms with Crippen molar-refractivity contribution in [3.8, 4) is 16.8 Å². The molecule has 0 bridgehead atoms. The van der Waals surface area contributed by atoms with Crippen LogP contribution >= 0.6 is 0 Å². The topological polar surface area (TPSA) is 26.6 Å². The highest BCUT2D eigenvalue weighted by molar-refractivity contribution is 6.40. The maximum absolute atomic E-state index is 5.67. The van der Waals surface area contributed by atoms with Crippen LogP contribution in [0, 0.1) is 0 Å². The number of benzene rings is 9. The minimum Gasteiger partial charge on any atom is -0.309 e. The molecule has 0 N–H and O–H groups in total. The standard InChI is InChI=1S/C63H46N4/c1-62(2,3)38-25-27-52-45(31-38)48-32-39(63(4,5)6)33-49-55-53(66(52)58(48)49)34-64-61-57(55)56-42-21-13-11-17-36(42)29-47-46-28-35-16-10-12-20-41(35)54(59(46)67(61)60(47)56)37-24-26-51-44(30-37)43-22-14-15-23-50(43)65(51)40-18-8-7-9-19-40/h7-34H,1-6H3. The molecule has 0 saturated heterocycles. The molecule has 0 atom stereocenters. The Hall–Kier alpha value is -7.95. The number of nitrogens with zero attached hydrogens (tertiary/aromatic N) is 4. The van der Waals surface area contributed by atoms with Gasteiger partial charge < -0.3 is 8.97 Å². The van der Waals surface area contributed by atoms with Crippen molar-refractivity contribution in [1.29, 1.82) is 0 Å². The quantitative estimate of drug-likeness (QED) is 0.170. The van der Waals surface area contributed by atoms with E-state index in [1.54, 1.807) is 0 Å². The molecule has 6 aromatic heterocycles. The summed E-state index contributed by atoms with van der Waals surface area (Å²) in [6.07, 6.45) is 2.18. The molecule has 6 heterocycles.